The molecule has 0 aromatic heterocycles. The number of benzene rings is 1. The van der Waals surface area contributed by atoms with Gasteiger partial charge in [-0.25, -0.2) is 4.79 Å². The number of hydrogen-bond donors (Lipinski definition) is 0. The molecule has 1 amide bonds. The van der Waals surface area contributed by atoms with E-state index in [0.717, 1.165) is 31.8 Å². The van der Waals surface area contributed by atoms with Crippen molar-refractivity contribution < 1.29 is 9.53 Å². The molecule has 1 aliphatic heterocycles. The lowest BCUT2D eigenvalue weighted by Gasteiger charge is -2.33. The number of carbonyl (C=O) groups excluding carboxylic acids is 1. The van der Waals surface area contributed by atoms with E-state index in [1.807, 2.05) is 25.7 Å². The first kappa shape index (κ1) is 20.2. The molecule has 0 spiro atoms. The molecule has 0 aliphatic carbocycles. The molecule has 0 unspecified atom stereocenters. The van der Waals surface area contributed by atoms with Gasteiger partial charge in [0, 0.05) is 18.0 Å². The maximum Gasteiger partial charge on any atom is 0.410 e. The van der Waals surface area contributed by atoms with Crippen molar-refractivity contribution in [1.82, 2.24) is 4.90 Å². The maximum atomic E-state index is 12.1. The summed E-state index contributed by atoms with van der Waals surface area (Å²) in [6, 6.07) is 8.94. The number of thioether (sulfide) groups is 1. The molecule has 3 nitrogen and oxygen atoms in total. The summed E-state index contributed by atoms with van der Waals surface area (Å²) in [5.74, 6) is 0.762. The largest absolute Gasteiger partial charge is 0.444 e. The van der Waals surface area contributed by atoms with Gasteiger partial charge in [0.2, 0.25) is 0 Å². The monoisotopic (exact) mass is 363 g/mol. The molecule has 1 aromatic carbocycles. The molecule has 1 aromatic rings. The minimum Gasteiger partial charge on any atom is -0.444 e. The third-order valence-electron chi connectivity index (χ3n) is 4.75. The Hall–Kier alpha value is -1.16. The highest BCUT2D eigenvalue weighted by molar-refractivity contribution is 7.98. The van der Waals surface area contributed by atoms with Crippen molar-refractivity contribution in [2.75, 3.05) is 19.3 Å². The first-order valence-electron chi connectivity index (χ1n) is 9.48. The Balaban J connectivity index is 1.61. The van der Waals surface area contributed by atoms with E-state index in [9.17, 15) is 4.79 Å². The average Bonchev–Trinajstić information content (AvgIpc) is 2.58. The summed E-state index contributed by atoms with van der Waals surface area (Å²) in [5.41, 5.74) is 1.04. The number of nitrogens with zero attached hydrogens (tertiary/aromatic N) is 1. The van der Waals surface area contributed by atoms with Crippen LogP contribution >= 0.6 is 11.8 Å². The van der Waals surface area contributed by atoms with E-state index >= 15 is 0 Å². The summed E-state index contributed by atoms with van der Waals surface area (Å²) in [7, 11) is 0. The molecule has 25 heavy (non-hydrogen) atoms. The van der Waals surface area contributed by atoms with Crippen LogP contribution in [0.25, 0.3) is 0 Å². The van der Waals surface area contributed by atoms with Crippen molar-refractivity contribution >= 4 is 17.9 Å². The molecule has 2 rings (SSSR count). The zero-order valence-corrected chi connectivity index (χ0v) is 17.0. The molecule has 1 fully saturated rings. The lowest BCUT2D eigenvalue weighted by molar-refractivity contribution is 0.0180. The quantitative estimate of drug-likeness (QED) is 0.475. The Labute approximate surface area is 157 Å². The summed E-state index contributed by atoms with van der Waals surface area (Å²) in [4.78, 5) is 15.3. The topological polar surface area (TPSA) is 29.5 Å². The van der Waals surface area contributed by atoms with Gasteiger partial charge in [0.05, 0.1) is 0 Å². The van der Waals surface area contributed by atoms with Crippen LogP contribution in [-0.4, -0.2) is 35.9 Å². The molecule has 1 saturated heterocycles. The Morgan fingerprint density at radius 3 is 2.36 bits per heavy atom. The SMILES string of the molecule is CSc1ccc(CCCCC2CCN(C(=O)OC(C)(C)C)CC2)cc1. The van der Waals surface area contributed by atoms with Gasteiger partial charge in [-0.05, 0) is 76.3 Å². The third-order valence-corrected chi connectivity index (χ3v) is 5.50. The molecule has 0 bridgehead atoms. The number of unbranched alkanes of at least 4 members (excludes halogenated alkanes) is 1. The van der Waals surface area contributed by atoms with Crippen molar-refractivity contribution in [1.29, 1.82) is 0 Å². The predicted molar refractivity (Wildman–Crippen MR) is 106 cm³/mol. The van der Waals surface area contributed by atoms with Crippen LogP contribution in [0, 0.1) is 5.92 Å². The molecule has 0 N–H and O–H groups in total. The van der Waals surface area contributed by atoms with Crippen LogP contribution in [0.3, 0.4) is 0 Å². The van der Waals surface area contributed by atoms with Gasteiger partial charge in [-0.3, -0.25) is 0 Å². The minimum atomic E-state index is -0.401. The maximum absolute atomic E-state index is 12.1. The molecular formula is C21H33NO2S. The first-order chi connectivity index (χ1) is 11.9. The summed E-state index contributed by atoms with van der Waals surface area (Å²) in [5, 5.41) is 0. The van der Waals surface area contributed by atoms with Crippen molar-refractivity contribution in [3.63, 3.8) is 0 Å². The van der Waals surface area contributed by atoms with E-state index in [4.69, 9.17) is 4.74 Å². The van der Waals surface area contributed by atoms with E-state index in [-0.39, 0.29) is 6.09 Å². The molecule has 0 radical (unpaired) electrons. The highest BCUT2D eigenvalue weighted by atomic mass is 32.2. The van der Waals surface area contributed by atoms with Gasteiger partial charge < -0.3 is 9.64 Å². The van der Waals surface area contributed by atoms with Crippen LogP contribution in [0.4, 0.5) is 4.79 Å². The molecule has 0 saturated carbocycles. The van der Waals surface area contributed by atoms with Gasteiger partial charge in [-0.1, -0.05) is 25.0 Å². The van der Waals surface area contributed by atoms with Gasteiger partial charge in [-0.2, -0.15) is 0 Å². The minimum absolute atomic E-state index is 0.153. The number of amides is 1. The Kier molecular flexibility index (Phi) is 7.67. The number of piperidine rings is 1. The molecule has 1 aliphatic rings. The van der Waals surface area contributed by atoms with Crippen LogP contribution in [-0.2, 0) is 11.2 Å². The second-order valence-electron chi connectivity index (χ2n) is 8.00. The normalized spacial score (nSPS) is 16.1. The number of aryl methyl sites for hydroxylation is 1. The summed E-state index contributed by atoms with van der Waals surface area (Å²) in [6.07, 6.45) is 9.18. The number of hydrogen-bond acceptors (Lipinski definition) is 3. The Morgan fingerprint density at radius 1 is 1.16 bits per heavy atom. The highest BCUT2D eigenvalue weighted by Crippen LogP contribution is 2.24. The lowest BCUT2D eigenvalue weighted by atomic mass is 9.91. The molecule has 1 heterocycles. The number of carbonyl (C=O) groups is 1. The Morgan fingerprint density at radius 2 is 1.80 bits per heavy atom. The summed E-state index contributed by atoms with van der Waals surface area (Å²) < 4.78 is 5.46. The Bertz CT molecular complexity index is 528. The second kappa shape index (κ2) is 9.51. The molecular weight excluding hydrogens is 330 g/mol. The zero-order chi connectivity index (χ0) is 18.3. The average molecular weight is 364 g/mol. The standard InChI is InChI=1S/C21H33NO2S/c1-21(2,3)24-20(23)22-15-13-18(14-16-22)8-6-5-7-17-9-11-19(25-4)12-10-17/h9-12,18H,5-8,13-16H2,1-4H3. The molecule has 140 valence electrons. The zero-order valence-electron chi connectivity index (χ0n) is 16.2. The lowest BCUT2D eigenvalue weighted by Crippen LogP contribution is -2.41. The first-order valence-corrected chi connectivity index (χ1v) is 10.7. The van der Waals surface area contributed by atoms with Gasteiger partial charge >= 0.3 is 6.09 Å². The van der Waals surface area contributed by atoms with Crippen molar-refractivity contribution in [3.8, 4) is 0 Å². The fourth-order valence-corrected chi connectivity index (χ4v) is 3.69. The van der Waals surface area contributed by atoms with E-state index in [1.165, 1.54) is 36.1 Å². The van der Waals surface area contributed by atoms with Crippen molar-refractivity contribution in [2.24, 2.45) is 5.92 Å². The third kappa shape index (κ3) is 7.31. The summed E-state index contributed by atoms with van der Waals surface area (Å²) in [6.45, 7) is 7.45. The fourth-order valence-electron chi connectivity index (χ4n) is 3.29. The number of rotatable bonds is 6. The van der Waals surface area contributed by atoms with Gasteiger partial charge in [0.25, 0.3) is 0 Å². The molecule has 0 atom stereocenters. The van der Waals surface area contributed by atoms with Crippen LogP contribution in [0.5, 0.6) is 0 Å². The second-order valence-corrected chi connectivity index (χ2v) is 8.88. The highest BCUT2D eigenvalue weighted by Gasteiger charge is 2.26. The van der Waals surface area contributed by atoms with Crippen molar-refractivity contribution in [2.45, 2.75) is 69.8 Å². The number of ether oxygens (including phenoxy) is 1. The fraction of sp³-hybridized carbons (Fsp3) is 0.667. The van der Waals surface area contributed by atoms with E-state index in [1.54, 1.807) is 11.8 Å². The van der Waals surface area contributed by atoms with Crippen LogP contribution < -0.4 is 0 Å². The van der Waals surface area contributed by atoms with E-state index in [0.29, 0.717) is 0 Å². The van der Waals surface area contributed by atoms with Gasteiger partial charge in [0.1, 0.15) is 5.60 Å². The van der Waals surface area contributed by atoms with Gasteiger partial charge in [0.15, 0.2) is 0 Å². The van der Waals surface area contributed by atoms with Crippen LogP contribution in [0.2, 0.25) is 0 Å². The smallest absolute Gasteiger partial charge is 0.410 e. The number of likely N-dealkylation sites (tertiary alicyclic amines) is 1. The van der Waals surface area contributed by atoms with Crippen LogP contribution in [0.1, 0.15) is 58.4 Å². The van der Waals surface area contributed by atoms with Crippen LogP contribution in [0.15, 0.2) is 29.2 Å². The van der Waals surface area contributed by atoms with E-state index < -0.39 is 5.60 Å². The van der Waals surface area contributed by atoms with Gasteiger partial charge in [-0.15, -0.1) is 11.8 Å². The predicted octanol–water partition coefficient (Wildman–Crippen LogP) is 5.77. The molecule has 4 heteroatoms. The van der Waals surface area contributed by atoms with Crippen molar-refractivity contribution in [3.05, 3.63) is 29.8 Å². The van der Waals surface area contributed by atoms with E-state index in [2.05, 4.69) is 30.5 Å². The summed E-state index contributed by atoms with van der Waals surface area (Å²) >= 11 is 1.79.